The molecule has 2 rings (SSSR count). The largest absolute Gasteiger partial charge is 0.373 e. The van der Waals surface area contributed by atoms with Crippen LogP contribution in [0.3, 0.4) is 0 Å². The van der Waals surface area contributed by atoms with Gasteiger partial charge in [-0.05, 0) is 25.1 Å². The Balaban J connectivity index is 2.36. The maximum absolute atomic E-state index is 11.7. The minimum Gasteiger partial charge on any atom is -0.373 e. The first-order valence-electron chi connectivity index (χ1n) is 5.47. The average Bonchev–Trinajstić information content (AvgIpc) is 2.35. The predicted octanol–water partition coefficient (Wildman–Crippen LogP) is 1.69. The summed E-state index contributed by atoms with van der Waals surface area (Å²) in [5, 5.41) is 3.46. The van der Waals surface area contributed by atoms with Crippen molar-refractivity contribution in [2.75, 3.05) is 12.4 Å². The van der Waals surface area contributed by atoms with Gasteiger partial charge in [0.1, 0.15) is 5.82 Å². The fraction of sp³-hybridized carbons (Fsp3) is 0.250. The van der Waals surface area contributed by atoms with Gasteiger partial charge in [0.15, 0.2) is 0 Å². The standard InChI is InChI=1S/C12H13ClN4O/c1-8-5-6-17(12(18)15-8)7-10-9(13)3-4-11(14-2)16-10/h3-6H,7H2,1-2H3,(H,14,16). The number of rotatable bonds is 3. The van der Waals surface area contributed by atoms with E-state index in [2.05, 4.69) is 15.3 Å². The quantitative estimate of drug-likeness (QED) is 0.917. The van der Waals surface area contributed by atoms with Crippen molar-refractivity contribution < 1.29 is 0 Å². The van der Waals surface area contributed by atoms with E-state index in [4.69, 9.17) is 11.6 Å². The van der Waals surface area contributed by atoms with Gasteiger partial charge in [-0.3, -0.25) is 4.57 Å². The second-order valence-electron chi connectivity index (χ2n) is 3.85. The number of nitrogens with one attached hydrogen (secondary N) is 1. The van der Waals surface area contributed by atoms with Gasteiger partial charge in [0.05, 0.1) is 17.3 Å². The highest BCUT2D eigenvalue weighted by Crippen LogP contribution is 2.16. The molecule has 2 heterocycles. The molecule has 2 aromatic rings. The summed E-state index contributed by atoms with van der Waals surface area (Å²) >= 11 is 6.06. The molecule has 0 aliphatic rings. The first kappa shape index (κ1) is 12.6. The second-order valence-corrected chi connectivity index (χ2v) is 4.26. The number of anilines is 1. The molecular weight excluding hydrogens is 252 g/mol. The molecule has 0 bridgehead atoms. The zero-order valence-electron chi connectivity index (χ0n) is 10.1. The average molecular weight is 265 g/mol. The number of hydrogen-bond donors (Lipinski definition) is 1. The molecule has 18 heavy (non-hydrogen) atoms. The highest BCUT2D eigenvalue weighted by Gasteiger charge is 2.06. The molecule has 1 N–H and O–H groups in total. The molecular formula is C12H13ClN4O. The first-order valence-corrected chi connectivity index (χ1v) is 5.85. The summed E-state index contributed by atoms with van der Waals surface area (Å²) in [5.74, 6) is 0.711. The summed E-state index contributed by atoms with van der Waals surface area (Å²) in [4.78, 5) is 19.9. The van der Waals surface area contributed by atoms with E-state index in [1.54, 1.807) is 38.4 Å². The minimum atomic E-state index is -0.303. The van der Waals surface area contributed by atoms with Crippen molar-refractivity contribution in [2.45, 2.75) is 13.5 Å². The van der Waals surface area contributed by atoms with Crippen molar-refractivity contribution in [3.05, 3.63) is 51.3 Å². The smallest absolute Gasteiger partial charge is 0.348 e. The number of aromatic nitrogens is 3. The van der Waals surface area contributed by atoms with Crippen LogP contribution in [0.2, 0.25) is 5.02 Å². The summed E-state index contributed by atoms with van der Waals surface area (Å²) in [5.41, 5.74) is 1.03. The third-order valence-electron chi connectivity index (χ3n) is 2.51. The second kappa shape index (κ2) is 5.18. The van der Waals surface area contributed by atoms with Crippen LogP contribution in [0.15, 0.2) is 29.2 Å². The molecule has 2 aromatic heterocycles. The summed E-state index contributed by atoms with van der Waals surface area (Å²) in [6.07, 6.45) is 1.69. The van der Waals surface area contributed by atoms with Gasteiger partial charge in [0.2, 0.25) is 0 Å². The van der Waals surface area contributed by atoms with Gasteiger partial charge in [-0.1, -0.05) is 11.6 Å². The normalized spacial score (nSPS) is 10.4. The minimum absolute atomic E-state index is 0.303. The van der Waals surface area contributed by atoms with Crippen LogP contribution < -0.4 is 11.0 Å². The van der Waals surface area contributed by atoms with Crippen LogP contribution >= 0.6 is 11.6 Å². The lowest BCUT2D eigenvalue weighted by Gasteiger charge is -2.08. The van der Waals surface area contributed by atoms with Gasteiger partial charge in [-0.2, -0.15) is 4.98 Å². The Morgan fingerprint density at radius 2 is 2.11 bits per heavy atom. The molecule has 0 unspecified atom stereocenters. The molecule has 0 spiro atoms. The number of hydrogen-bond acceptors (Lipinski definition) is 4. The molecule has 0 fully saturated rings. The predicted molar refractivity (Wildman–Crippen MR) is 71.1 cm³/mol. The Hall–Kier alpha value is -1.88. The highest BCUT2D eigenvalue weighted by atomic mass is 35.5. The van der Waals surface area contributed by atoms with Crippen molar-refractivity contribution in [3.63, 3.8) is 0 Å². The van der Waals surface area contributed by atoms with Gasteiger partial charge in [-0.25, -0.2) is 9.78 Å². The summed E-state index contributed by atoms with van der Waals surface area (Å²) in [6.45, 7) is 2.08. The number of halogens is 1. The molecule has 0 saturated carbocycles. The number of aryl methyl sites for hydroxylation is 1. The Kier molecular flexibility index (Phi) is 3.62. The van der Waals surface area contributed by atoms with E-state index < -0.39 is 0 Å². The number of pyridine rings is 1. The van der Waals surface area contributed by atoms with Crippen LogP contribution in [0.5, 0.6) is 0 Å². The molecule has 0 aliphatic carbocycles. The van der Waals surface area contributed by atoms with E-state index in [0.29, 0.717) is 28.8 Å². The van der Waals surface area contributed by atoms with E-state index in [0.717, 1.165) is 0 Å². The van der Waals surface area contributed by atoms with Crippen molar-refractivity contribution in [2.24, 2.45) is 0 Å². The molecule has 0 atom stereocenters. The molecule has 6 heteroatoms. The summed E-state index contributed by atoms with van der Waals surface area (Å²) in [7, 11) is 1.78. The van der Waals surface area contributed by atoms with Gasteiger partial charge in [0, 0.05) is 18.9 Å². The van der Waals surface area contributed by atoms with Crippen LogP contribution in [-0.2, 0) is 6.54 Å². The lowest BCUT2D eigenvalue weighted by molar-refractivity contribution is 0.706. The molecule has 0 aliphatic heterocycles. The zero-order valence-corrected chi connectivity index (χ0v) is 10.9. The van der Waals surface area contributed by atoms with E-state index in [1.165, 1.54) is 4.57 Å². The van der Waals surface area contributed by atoms with Crippen LogP contribution in [0, 0.1) is 6.92 Å². The Morgan fingerprint density at radius 1 is 1.33 bits per heavy atom. The fourth-order valence-corrected chi connectivity index (χ4v) is 1.70. The lowest BCUT2D eigenvalue weighted by Crippen LogP contribution is -2.23. The molecule has 5 nitrogen and oxygen atoms in total. The van der Waals surface area contributed by atoms with Crippen LogP contribution in [-0.4, -0.2) is 21.6 Å². The molecule has 0 saturated heterocycles. The van der Waals surface area contributed by atoms with Crippen molar-refractivity contribution in [3.8, 4) is 0 Å². The molecule has 0 amide bonds. The van der Waals surface area contributed by atoms with E-state index in [9.17, 15) is 4.79 Å². The van der Waals surface area contributed by atoms with Crippen molar-refractivity contribution >= 4 is 17.4 Å². The lowest BCUT2D eigenvalue weighted by atomic mass is 10.3. The third kappa shape index (κ3) is 2.68. The first-order chi connectivity index (χ1) is 8.60. The fourth-order valence-electron chi connectivity index (χ4n) is 1.53. The Morgan fingerprint density at radius 3 is 2.78 bits per heavy atom. The van der Waals surface area contributed by atoms with Crippen LogP contribution in [0.25, 0.3) is 0 Å². The molecule has 0 aromatic carbocycles. The van der Waals surface area contributed by atoms with Crippen molar-refractivity contribution in [1.82, 2.24) is 14.5 Å². The maximum atomic E-state index is 11.7. The van der Waals surface area contributed by atoms with Gasteiger partial charge < -0.3 is 5.32 Å². The Labute approximate surface area is 109 Å². The van der Waals surface area contributed by atoms with Gasteiger partial charge in [-0.15, -0.1) is 0 Å². The van der Waals surface area contributed by atoms with Crippen LogP contribution in [0.4, 0.5) is 5.82 Å². The topological polar surface area (TPSA) is 59.8 Å². The van der Waals surface area contributed by atoms with Gasteiger partial charge in [0.25, 0.3) is 0 Å². The Bertz CT molecular complexity index is 624. The highest BCUT2D eigenvalue weighted by molar-refractivity contribution is 6.31. The van der Waals surface area contributed by atoms with Gasteiger partial charge >= 0.3 is 5.69 Å². The summed E-state index contributed by atoms with van der Waals surface area (Å²) in [6, 6.07) is 5.31. The molecule has 0 radical (unpaired) electrons. The third-order valence-corrected chi connectivity index (χ3v) is 2.85. The maximum Gasteiger partial charge on any atom is 0.348 e. The van der Waals surface area contributed by atoms with Crippen molar-refractivity contribution in [1.29, 1.82) is 0 Å². The van der Waals surface area contributed by atoms with E-state index >= 15 is 0 Å². The van der Waals surface area contributed by atoms with E-state index in [1.807, 2.05) is 0 Å². The SMILES string of the molecule is CNc1ccc(Cl)c(Cn2ccc(C)nc2=O)n1. The summed E-state index contributed by atoms with van der Waals surface area (Å²) < 4.78 is 1.47. The monoisotopic (exact) mass is 264 g/mol. The van der Waals surface area contributed by atoms with E-state index in [-0.39, 0.29) is 5.69 Å². The van der Waals surface area contributed by atoms with Crippen LogP contribution in [0.1, 0.15) is 11.4 Å². The molecule has 94 valence electrons. The number of nitrogens with zero attached hydrogens (tertiary/aromatic N) is 3. The zero-order chi connectivity index (χ0) is 13.1.